The van der Waals surface area contributed by atoms with E-state index in [0.29, 0.717) is 4.88 Å². The van der Waals surface area contributed by atoms with Crippen LogP contribution in [0.3, 0.4) is 0 Å². The third-order valence-electron chi connectivity index (χ3n) is 2.59. The van der Waals surface area contributed by atoms with Gasteiger partial charge in [-0.25, -0.2) is 5.84 Å². The summed E-state index contributed by atoms with van der Waals surface area (Å²) >= 11 is 3.05. The molecule has 6 heteroatoms. The van der Waals surface area contributed by atoms with E-state index in [1.165, 1.54) is 11.3 Å². The monoisotopic (exact) mass is 294 g/mol. The summed E-state index contributed by atoms with van der Waals surface area (Å²) < 4.78 is 0. The molecule has 2 rings (SSSR count). The minimum atomic E-state index is -0.262. The minimum absolute atomic E-state index is 0.259. The molecule has 19 heavy (non-hydrogen) atoms. The van der Waals surface area contributed by atoms with Crippen molar-refractivity contribution in [1.29, 1.82) is 0 Å². The molecule has 1 heterocycles. The fourth-order valence-electron chi connectivity index (χ4n) is 1.58. The fraction of sp³-hybridized carbons (Fsp3) is 0.154. The van der Waals surface area contributed by atoms with Gasteiger partial charge in [-0.2, -0.15) is 0 Å². The van der Waals surface area contributed by atoms with Crippen LogP contribution in [0.5, 0.6) is 5.75 Å². The number of hydrogen-bond acceptors (Lipinski definition) is 5. The molecule has 4 nitrogen and oxygen atoms in total. The van der Waals surface area contributed by atoms with E-state index in [0.717, 1.165) is 21.1 Å². The molecule has 0 unspecified atom stereocenters. The average molecular weight is 294 g/mol. The summed E-state index contributed by atoms with van der Waals surface area (Å²) in [5.41, 5.74) is 3.24. The second kappa shape index (κ2) is 6.10. The third-order valence-corrected chi connectivity index (χ3v) is 4.72. The number of thiophene rings is 1. The summed E-state index contributed by atoms with van der Waals surface area (Å²) in [5.74, 6) is 5.87. The molecule has 0 saturated heterocycles. The standard InChI is InChI=1S/C13H14N2O2S2/c1-8-9(5-12(19-8)13(17)15-14)7-18-11-4-2-3-10(16)6-11/h2-6,16H,7,14H2,1H3,(H,15,17). The summed E-state index contributed by atoms with van der Waals surface area (Å²) in [6.45, 7) is 1.98. The number of hydrazine groups is 1. The lowest BCUT2D eigenvalue weighted by Gasteiger charge is -2.01. The first-order chi connectivity index (χ1) is 9.10. The molecule has 0 fully saturated rings. The normalized spacial score (nSPS) is 10.4. The Hall–Kier alpha value is -1.50. The van der Waals surface area contributed by atoms with E-state index in [1.807, 2.05) is 25.1 Å². The number of aryl methyl sites for hydroxylation is 1. The SMILES string of the molecule is Cc1sc(C(=O)NN)cc1CSc1cccc(O)c1. The van der Waals surface area contributed by atoms with Crippen LogP contribution < -0.4 is 11.3 Å². The predicted molar refractivity (Wildman–Crippen MR) is 78.4 cm³/mol. The quantitative estimate of drug-likeness (QED) is 0.351. The van der Waals surface area contributed by atoms with Crippen molar-refractivity contribution in [3.63, 3.8) is 0 Å². The van der Waals surface area contributed by atoms with Crippen LogP contribution in [0.15, 0.2) is 35.2 Å². The highest BCUT2D eigenvalue weighted by Crippen LogP contribution is 2.30. The first-order valence-electron chi connectivity index (χ1n) is 5.62. The molecular formula is C13H14N2O2S2. The predicted octanol–water partition coefficient (Wildman–Crippen LogP) is 2.66. The Balaban J connectivity index is 2.07. The minimum Gasteiger partial charge on any atom is -0.508 e. The van der Waals surface area contributed by atoms with Crippen molar-refractivity contribution in [2.45, 2.75) is 17.6 Å². The van der Waals surface area contributed by atoms with E-state index in [-0.39, 0.29) is 11.7 Å². The largest absolute Gasteiger partial charge is 0.508 e. The number of benzene rings is 1. The maximum Gasteiger partial charge on any atom is 0.275 e. The number of nitrogens with two attached hydrogens (primary N) is 1. The molecule has 1 amide bonds. The van der Waals surface area contributed by atoms with Crippen LogP contribution in [0.1, 0.15) is 20.1 Å². The lowest BCUT2D eigenvalue weighted by atomic mass is 10.3. The van der Waals surface area contributed by atoms with Crippen molar-refractivity contribution in [2.75, 3.05) is 0 Å². The van der Waals surface area contributed by atoms with Crippen LogP contribution in [0, 0.1) is 6.92 Å². The summed E-state index contributed by atoms with van der Waals surface area (Å²) in [4.78, 5) is 14.1. The van der Waals surface area contributed by atoms with E-state index >= 15 is 0 Å². The zero-order chi connectivity index (χ0) is 13.8. The number of thioether (sulfide) groups is 1. The van der Waals surface area contributed by atoms with E-state index in [4.69, 9.17) is 5.84 Å². The van der Waals surface area contributed by atoms with Gasteiger partial charge in [0.05, 0.1) is 4.88 Å². The smallest absolute Gasteiger partial charge is 0.275 e. The Labute approximate surface area is 119 Å². The van der Waals surface area contributed by atoms with Crippen LogP contribution in [0.25, 0.3) is 0 Å². The van der Waals surface area contributed by atoms with Crippen molar-refractivity contribution in [3.05, 3.63) is 45.6 Å². The number of carbonyl (C=O) groups excluding carboxylic acids is 1. The van der Waals surface area contributed by atoms with Gasteiger partial charge >= 0.3 is 0 Å². The first kappa shape index (κ1) is 13.9. The Morgan fingerprint density at radius 1 is 1.47 bits per heavy atom. The van der Waals surface area contributed by atoms with Gasteiger partial charge in [-0.3, -0.25) is 10.2 Å². The summed E-state index contributed by atoms with van der Waals surface area (Å²) in [6, 6.07) is 8.98. The molecule has 0 radical (unpaired) electrons. The van der Waals surface area contributed by atoms with Gasteiger partial charge in [0.15, 0.2) is 0 Å². The van der Waals surface area contributed by atoms with Crippen molar-refractivity contribution in [3.8, 4) is 5.75 Å². The summed E-state index contributed by atoms with van der Waals surface area (Å²) in [6.07, 6.45) is 0. The lowest BCUT2D eigenvalue weighted by Crippen LogP contribution is -2.29. The number of carbonyl (C=O) groups is 1. The van der Waals surface area contributed by atoms with Gasteiger partial charge in [-0.15, -0.1) is 23.1 Å². The molecule has 0 aliphatic rings. The van der Waals surface area contributed by atoms with E-state index < -0.39 is 0 Å². The van der Waals surface area contributed by atoms with Crippen LogP contribution in [-0.2, 0) is 5.75 Å². The molecule has 0 aliphatic carbocycles. The van der Waals surface area contributed by atoms with Crippen LogP contribution in [0.4, 0.5) is 0 Å². The van der Waals surface area contributed by atoms with Crippen molar-refractivity contribution < 1.29 is 9.90 Å². The molecule has 0 bridgehead atoms. The Kier molecular flexibility index (Phi) is 4.47. The van der Waals surface area contributed by atoms with Crippen molar-refractivity contribution in [1.82, 2.24) is 5.43 Å². The van der Waals surface area contributed by atoms with Crippen LogP contribution in [0.2, 0.25) is 0 Å². The molecule has 0 aliphatic heterocycles. The lowest BCUT2D eigenvalue weighted by molar-refractivity contribution is 0.0957. The highest BCUT2D eigenvalue weighted by molar-refractivity contribution is 7.98. The van der Waals surface area contributed by atoms with Gasteiger partial charge in [0.1, 0.15) is 5.75 Å². The van der Waals surface area contributed by atoms with Gasteiger partial charge in [-0.1, -0.05) is 6.07 Å². The van der Waals surface area contributed by atoms with Gasteiger partial charge < -0.3 is 5.11 Å². The number of nitrogens with one attached hydrogen (secondary N) is 1. The number of phenols is 1. The number of hydrogen-bond donors (Lipinski definition) is 3. The third kappa shape index (κ3) is 3.50. The molecule has 100 valence electrons. The molecular weight excluding hydrogens is 280 g/mol. The van der Waals surface area contributed by atoms with Crippen molar-refractivity contribution >= 4 is 29.0 Å². The number of phenolic OH excluding ortho intramolecular Hbond substituents is 1. The van der Waals surface area contributed by atoms with Crippen LogP contribution in [-0.4, -0.2) is 11.0 Å². The number of aromatic hydroxyl groups is 1. The van der Waals surface area contributed by atoms with E-state index in [1.54, 1.807) is 23.9 Å². The maximum atomic E-state index is 11.4. The maximum absolute atomic E-state index is 11.4. The molecule has 1 aromatic carbocycles. The van der Waals surface area contributed by atoms with Gasteiger partial charge in [0.2, 0.25) is 0 Å². The highest BCUT2D eigenvalue weighted by atomic mass is 32.2. The fourth-order valence-corrected chi connectivity index (χ4v) is 3.62. The van der Waals surface area contributed by atoms with Crippen LogP contribution >= 0.6 is 23.1 Å². The van der Waals surface area contributed by atoms with Gasteiger partial charge in [0.25, 0.3) is 5.91 Å². The Morgan fingerprint density at radius 3 is 2.95 bits per heavy atom. The number of rotatable bonds is 4. The molecule has 1 aromatic heterocycles. The Morgan fingerprint density at radius 2 is 2.26 bits per heavy atom. The number of amides is 1. The molecule has 0 spiro atoms. The highest BCUT2D eigenvalue weighted by Gasteiger charge is 2.11. The molecule has 2 aromatic rings. The van der Waals surface area contributed by atoms with Crippen molar-refractivity contribution in [2.24, 2.45) is 5.84 Å². The van der Waals surface area contributed by atoms with E-state index in [9.17, 15) is 9.90 Å². The first-order valence-corrected chi connectivity index (χ1v) is 7.42. The second-order valence-electron chi connectivity index (χ2n) is 3.95. The van der Waals surface area contributed by atoms with Gasteiger partial charge in [-0.05, 0) is 36.8 Å². The summed E-state index contributed by atoms with van der Waals surface area (Å²) in [7, 11) is 0. The molecule has 0 saturated carbocycles. The average Bonchev–Trinajstić information content (AvgIpc) is 2.77. The van der Waals surface area contributed by atoms with E-state index in [2.05, 4.69) is 5.43 Å². The molecule has 0 atom stereocenters. The topological polar surface area (TPSA) is 75.4 Å². The number of nitrogen functional groups attached to an aromatic ring is 1. The zero-order valence-corrected chi connectivity index (χ0v) is 12.0. The Bertz CT molecular complexity index is 596. The molecule has 4 N–H and O–H groups in total. The zero-order valence-electron chi connectivity index (χ0n) is 10.3. The summed E-state index contributed by atoms with van der Waals surface area (Å²) in [5, 5.41) is 9.40. The van der Waals surface area contributed by atoms with Gasteiger partial charge in [0, 0.05) is 15.5 Å². The second-order valence-corrected chi connectivity index (χ2v) is 6.26.